The van der Waals surface area contributed by atoms with E-state index in [1.165, 1.54) is 0 Å². The zero-order chi connectivity index (χ0) is 15.2. The van der Waals surface area contributed by atoms with Gasteiger partial charge in [-0.1, -0.05) is 28.1 Å². The SMILES string of the molecule is COc1ccc(/C(C#N)=C/c2ccc(Br)cc2)cc1OC. The van der Waals surface area contributed by atoms with Crippen LogP contribution in [0.3, 0.4) is 0 Å². The Hall–Kier alpha value is -2.25. The molecule has 0 spiro atoms. The first kappa shape index (κ1) is 15.1. The van der Waals surface area contributed by atoms with E-state index in [1.54, 1.807) is 26.4 Å². The number of hydrogen-bond acceptors (Lipinski definition) is 3. The van der Waals surface area contributed by atoms with E-state index in [0.29, 0.717) is 17.1 Å². The maximum atomic E-state index is 9.39. The van der Waals surface area contributed by atoms with Crippen LogP contribution in [-0.2, 0) is 0 Å². The highest BCUT2D eigenvalue weighted by Crippen LogP contribution is 2.30. The minimum atomic E-state index is 0.568. The smallest absolute Gasteiger partial charge is 0.161 e. The van der Waals surface area contributed by atoms with Crippen molar-refractivity contribution in [3.05, 3.63) is 58.1 Å². The molecule has 0 aliphatic rings. The molecule has 0 saturated heterocycles. The molecule has 0 unspecified atom stereocenters. The van der Waals surface area contributed by atoms with E-state index in [4.69, 9.17) is 9.47 Å². The molecule has 2 aromatic rings. The van der Waals surface area contributed by atoms with Crippen LogP contribution in [-0.4, -0.2) is 14.2 Å². The molecule has 0 atom stereocenters. The zero-order valence-electron chi connectivity index (χ0n) is 11.8. The number of allylic oxidation sites excluding steroid dienone is 1. The summed E-state index contributed by atoms with van der Waals surface area (Å²) in [4.78, 5) is 0. The Kier molecular flexibility index (Phi) is 5.02. The topological polar surface area (TPSA) is 42.2 Å². The van der Waals surface area contributed by atoms with Crippen LogP contribution in [0.2, 0.25) is 0 Å². The van der Waals surface area contributed by atoms with Crippen molar-refractivity contribution in [2.75, 3.05) is 14.2 Å². The molecule has 4 heteroatoms. The van der Waals surface area contributed by atoms with E-state index in [-0.39, 0.29) is 0 Å². The van der Waals surface area contributed by atoms with Crippen molar-refractivity contribution in [2.24, 2.45) is 0 Å². The fourth-order valence-electron chi connectivity index (χ4n) is 1.91. The third kappa shape index (κ3) is 3.65. The zero-order valence-corrected chi connectivity index (χ0v) is 13.3. The normalized spacial score (nSPS) is 10.9. The van der Waals surface area contributed by atoms with Crippen molar-refractivity contribution in [1.29, 1.82) is 5.26 Å². The molecular formula is C17H14BrNO2. The molecule has 2 rings (SSSR count). The van der Waals surface area contributed by atoms with Crippen molar-refractivity contribution in [2.45, 2.75) is 0 Å². The Morgan fingerprint density at radius 2 is 1.71 bits per heavy atom. The van der Waals surface area contributed by atoms with Gasteiger partial charge in [-0.3, -0.25) is 0 Å². The average molecular weight is 344 g/mol. The lowest BCUT2D eigenvalue weighted by molar-refractivity contribution is 0.355. The third-order valence-electron chi connectivity index (χ3n) is 3.00. The first-order valence-electron chi connectivity index (χ1n) is 6.27. The predicted octanol–water partition coefficient (Wildman–Crippen LogP) is 4.53. The van der Waals surface area contributed by atoms with Crippen LogP contribution in [0.25, 0.3) is 11.6 Å². The molecule has 0 bridgehead atoms. The molecule has 0 radical (unpaired) electrons. The molecule has 0 aliphatic heterocycles. The van der Waals surface area contributed by atoms with Crippen LogP contribution in [0.15, 0.2) is 46.9 Å². The molecule has 2 aromatic carbocycles. The Morgan fingerprint density at radius 1 is 1.05 bits per heavy atom. The van der Waals surface area contributed by atoms with E-state index in [1.807, 2.05) is 36.4 Å². The fraction of sp³-hybridized carbons (Fsp3) is 0.118. The number of hydrogen-bond donors (Lipinski definition) is 0. The lowest BCUT2D eigenvalue weighted by Gasteiger charge is -2.09. The van der Waals surface area contributed by atoms with Crippen LogP contribution in [0.1, 0.15) is 11.1 Å². The highest BCUT2D eigenvalue weighted by atomic mass is 79.9. The molecule has 3 nitrogen and oxygen atoms in total. The van der Waals surface area contributed by atoms with Gasteiger partial charge in [0.25, 0.3) is 0 Å². The maximum absolute atomic E-state index is 9.39. The Labute approximate surface area is 132 Å². The van der Waals surface area contributed by atoms with Gasteiger partial charge in [-0.2, -0.15) is 5.26 Å². The number of nitriles is 1. The van der Waals surface area contributed by atoms with Gasteiger partial charge in [0.15, 0.2) is 11.5 Å². The van der Waals surface area contributed by atoms with Gasteiger partial charge in [0.2, 0.25) is 0 Å². The minimum Gasteiger partial charge on any atom is -0.493 e. The molecule has 0 aromatic heterocycles. The molecule has 0 aliphatic carbocycles. The van der Waals surface area contributed by atoms with Crippen LogP contribution >= 0.6 is 15.9 Å². The number of halogens is 1. The van der Waals surface area contributed by atoms with Gasteiger partial charge in [-0.25, -0.2) is 0 Å². The summed E-state index contributed by atoms with van der Waals surface area (Å²) in [6, 6.07) is 15.4. The van der Waals surface area contributed by atoms with Gasteiger partial charge in [0.1, 0.15) is 0 Å². The molecule has 0 amide bonds. The van der Waals surface area contributed by atoms with Crippen molar-refractivity contribution in [1.82, 2.24) is 0 Å². The second kappa shape index (κ2) is 6.96. The number of ether oxygens (including phenoxy) is 2. The van der Waals surface area contributed by atoms with Gasteiger partial charge >= 0.3 is 0 Å². The second-order valence-corrected chi connectivity index (χ2v) is 5.21. The average Bonchev–Trinajstić information content (AvgIpc) is 2.53. The lowest BCUT2D eigenvalue weighted by Crippen LogP contribution is -1.92. The van der Waals surface area contributed by atoms with Gasteiger partial charge < -0.3 is 9.47 Å². The fourth-order valence-corrected chi connectivity index (χ4v) is 2.17. The van der Waals surface area contributed by atoms with Crippen LogP contribution in [0.4, 0.5) is 0 Å². The number of rotatable bonds is 4. The molecule has 0 heterocycles. The van der Waals surface area contributed by atoms with Crippen molar-refractivity contribution in [3.63, 3.8) is 0 Å². The van der Waals surface area contributed by atoms with Crippen molar-refractivity contribution in [3.8, 4) is 17.6 Å². The van der Waals surface area contributed by atoms with Gasteiger partial charge in [0.05, 0.1) is 25.9 Å². The van der Waals surface area contributed by atoms with E-state index >= 15 is 0 Å². The summed E-state index contributed by atoms with van der Waals surface area (Å²) in [5.74, 6) is 1.24. The monoisotopic (exact) mass is 343 g/mol. The second-order valence-electron chi connectivity index (χ2n) is 4.29. The quantitative estimate of drug-likeness (QED) is 0.604. The largest absolute Gasteiger partial charge is 0.493 e. The summed E-state index contributed by atoms with van der Waals surface area (Å²) in [6.07, 6.45) is 1.84. The lowest BCUT2D eigenvalue weighted by atomic mass is 10.0. The van der Waals surface area contributed by atoms with Gasteiger partial charge in [0, 0.05) is 4.47 Å². The van der Waals surface area contributed by atoms with E-state index in [0.717, 1.165) is 15.6 Å². The summed E-state index contributed by atoms with van der Waals surface area (Å²) in [5.41, 5.74) is 2.32. The molecule has 21 heavy (non-hydrogen) atoms. The first-order valence-corrected chi connectivity index (χ1v) is 7.07. The molecule has 0 fully saturated rings. The summed E-state index contributed by atoms with van der Waals surface area (Å²) >= 11 is 3.39. The Bertz CT molecular complexity index is 700. The minimum absolute atomic E-state index is 0.568. The number of benzene rings is 2. The van der Waals surface area contributed by atoms with Crippen molar-refractivity contribution >= 4 is 27.6 Å². The molecule has 106 valence electrons. The van der Waals surface area contributed by atoms with Gasteiger partial charge in [-0.05, 0) is 47.5 Å². The molecule has 0 N–H and O–H groups in total. The standard InChI is InChI=1S/C17H14BrNO2/c1-20-16-8-5-13(10-17(16)21-2)14(11-19)9-12-3-6-15(18)7-4-12/h3-10H,1-2H3/b14-9+. The highest BCUT2D eigenvalue weighted by Gasteiger charge is 2.08. The van der Waals surface area contributed by atoms with E-state index in [2.05, 4.69) is 22.0 Å². The molecule has 0 saturated carbocycles. The summed E-state index contributed by atoms with van der Waals surface area (Å²) < 4.78 is 11.5. The maximum Gasteiger partial charge on any atom is 0.161 e. The summed E-state index contributed by atoms with van der Waals surface area (Å²) in [6.45, 7) is 0. The van der Waals surface area contributed by atoms with Crippen LogP contribution in [0.5, 0.6) is 11.5 Å². The first-order chi connectivity index (χ1) is 10.2. The summed E-state index contributed by atoms with van der Waals surface area (Å²) in [7, 11) is 3.16. The van der Waals surface area contributed by atoms with Gasteiger partial charge in [-0.15, -0.1) is 0 Å². The number of nitrogens with zero attached hydrogens (tertiary/aromatic N) is 1. The Balaban J connectivity index is 2.42. The Morgan fingerprint density at radius 3 is 2.29 bits per heavy atom. The summed E-state index contributed by atoms with van der Waals surface area (Å²) in [5, 5.41) is 9.39. The van der Waals surface area contributed by atoms with E-state index in [9.17, 15) is 5.26 Å². The third-order valence-corrected chi connectivity index (χ3v) is 3.52. The van der Waals surface area contributed by atoms with Crippen molar-refractivity contribution < 1.29 is 9.47 Å². The van der Waals surface area contributed by atoms with E-state index < -0.39 is 0 Å². The van der Waals surface area contributed by atoms with Crippen LogP contribution in [0, 0.1) is 11.3 Å². The number of methoxy groups -OCH3 is 2. The highest BCUT2D eigenvalue weighted by molar-refractivity contribution is 9.10. The predicted molar refractivity (Wildman–Crippen MR) is 87.2 cm³/mol. The molecular weight excluding hydrogens is 330 g/mol. The van der Waals surface area contributed by atoms with Crippen LogP contribution < -0.4 is 9.47 Å².